The van der Waals surface area contributed by atoms with Gasteiger partial charge in [0.25, 0.3) is 0 Å². The van der Waals surface area contributed by atoms with E-state index >= 15 is 0 Å². The third kappa shape index (κ3) is 2.38. The van der Waals surface area contributed by atoms with Gasteiger partial charge in [-0.2, -0.15) is 0 Å². The Hall–Kier alpha value is -1.32. The van der Waals surface area contributed by atoms with Gasteiger partial charge in [-0.05, 0) is 13.0 Å². The summed E-state index contributed by atoms with van der Waals surface area (Å²) in [7, 11) is 1.22. The minimum atomic E-state index is -1.37. The number of methoxy groups -OCH3 is 1. The Morgan fingerprint density at radius 2 is 2.00 bits per heavy atom. The van der Waals surface area contributed by atoms with Crippen LogP contribution in [-0.4, -0.2) is 24.6 Å². The molecule has 12 heavy (non-hydrogen) atoms. The number of esters is 2. The molecule has 0 heterocycles. The third-order valence-corrected chi connectivity index (χ3v) is 1.34. The lowest BCUT2D eigenvalue weighted by Crippen LogP contribution is -2.38. The Morgan fingerprint density at radius 3 is 2.25 bits per heavy atom. The van der Waals surface area contributed by atoms with Crippen LogP contribution in [0.3, 0.4) is 0 Å². The number of ether oxygens (including phenoxy) is 2. The van der Waals surface area contributed by atoms with Gasteiger partial charge in [0.1, 0.15) is 0 Å². The molecule has 0 aromatic rings. The molecule has 0 aromatic heterocycles. The first-order valence-corrected chi connectivity index (χ1v) is 3.38. The maximum atomic E-state index is 11.0. The molecule has 68 valence electrons. The summed E-state index contributed by atoms with van der Waals surface area (Å²) in [6, 6.07) is 0. The number of hydrogen-bond acceptors (Lipinski definition) is 4. The first-order valence-electron chi connectivity index (χ1n) is 3.38. The fraction of sp³-hybridized carbons (Fsp3) is 0.500. The molecule has 0 amide bonds. The molecule has 0 N–H and O–H groups in total. The van der Waals surface area contributed by atoms with Crippen molar-refractivity contribution in [3.63, 3.8) is 0 Å². The van der Waals surface area contributed by atoms with Crippen molar-refractivity contribution in [3.8, 4) is 0 Å². The Balaban J connectivity index is 4.55. The minimum absolute atomic E-state index is 0.553. The van der Waals surface area contributed by atoms with E-state index in [4.69, 9.17) is 4.74 Å². The van der Waals surface area contributed by atoms with E-state index in [1.54, 1.807) is 0 Å². The summed E-state index contributed by atoms with van der Waals surface area (Å²) >= 11 is 0. The highest BCUT2D eigenvalue weighted by Crippen LogP contribution is 2.13. The monoisotopic (exact) mass is 172 g/mol. The van der Waals surface area contributed by atoms with Crippen LogP contribution in [-0.2, 0) is 19.1 Å². The molecule has 4 heteroatoms. The molecule has 0 aliphatic heterocycles. The Morgan fingerprint density at radius 1 is 1.50 bits per heavy atom. The summed E-state index contributed by atoms with van der Waals surface area (Å²) < 4.78 is 9.13. The van der Waals surface area contributed by atoms with Gasteiger partial charge in [-0.3, -0.25) is 4.79 Å². The Kier molecular flexibility index (Phi) is 3.47. The van der Waals surface area contributed by atoms with Crippen LogP contribution in [0.25, 0.3) is 0 Å². The molecule has 0 rings (SSSR count). The predicted octanol–water partition coefficient (Wildman–Crippen LogP) is 0.667. The maximum Gasteiger partial charge on any atom is 0.354 e. The van der Waals surface area contributed by atoms with E-state index in [1.165, 1.54) is 27.0 Å². The minimum Gasteiger partial charge on any atom is -0.466 e. The molecule has 4 nitrogen and oxygen atoms in total. The molecule has 0 aliphatic carbocycles. The van der Waals surface area contributed by atoms with Crippen LogP contribution < -0.4 is 0 Å². The molecule has 0 saturated carbocycles. The quantitative estimate of drug-likeness (QED) is 0.463. The lowest BCUT2D eigenvalue weighted by molar-refractivity contribution is -0.171. The first-order chi connectivity index (χ1) is 5.46. The van der Waals surface area contributed by atoms with Crippen molar-refractivity contribution in [3.05, 3.63) is 12.7 Å². The molecule has 0 bridgehead atoms. The Bertz CT molecular complexity index is 209. The van der Waals surface area contributed by atoms with E-state index in [1.807, 2.05) is 0 Å². The highest BCUT2D eigenvalue weighted by molar-refractivity contribution is 5.84. The van der Waals surface area contributed by atoms with Gasteiger partial charge in [-0.15, -0.1) is 0 Å². The smallest absolute Gasteiger partial charge is 0.354 e. The number of carbonyl (C=O) groups excluding carboxylic acids is 2. The van der Waals surface area contributed by atoms with Crippen LogP contribution in [0.4, 0.5) is 0 Å². The molecule has 0 radical (unpaired) electrons. The van der Waals surface area contributed by atoms with Gasteiger partial charge in [0.15, 0.2) is 0 Å². The van der Waals surface area contributed by atoms with Crippen LogP contribution in [0.1, 0.15) is 13.8 Å². The van der Waals surface area contributed by atoms with Crippen LogP contribution in [0, 0.1) is 0 Å². The van der Waals surface area contributed by atoms with Crippen molar-refractivity contribution in [1.29, 1.82) is 0 Å². The second-order valence-corrected chi connectivity index (χ2v) is 2.40. The van der Waals surface area contributed by atoms with Crippen LogP contribution >= 0.6 is 0 Å². The van der Waals surface area contributed by atoms with E-state index in [2.05, 4.69) is 11.3 Å². The zero-order chi connectivity index (χ0) is 9.78. The average Bonchev–Trinajstić information content (AvgIpc) is 2.01. The first kappa shape index (κ1) is 10.7. The zero-order valence-electron chi connectivity index (χ0n) is 7.42. The second kappa shape index (κ2) is 3.90. The summed E-state index contributed by atoms with van der Waals surface area (Å²) in [5, 5.41) is 0. The third-order valence-electron chi connectivity index (χ3n) is 1.34. The number of carbonyl (C=O) groups is 2. The highest BCUT2D eigenvalue weighted by Gasteiger charge is 2.34. The summed E-state index contributed by atoms with van der Waals surface area (Å²) in [6.45, 7) is 6.00. The van der Waals surface area contributed by atoms with Gasteiger partial charge in [-0.1, -0.05) is 6.58 Å². The van der Waals surface area contributed by atoms with Crippen molar-refractivity contribution in [2.45, 2.75) is 19.4 Å². The van der Waals surface area contributed by atoms with Gasteiger partial charge < -0.3 is 9.47 Å². The van der Waals surface area contributed by atoms with Crippen molar-refractivity contribution in [2.24, 2.45) is 0 Å². The molecule has 0 fully saturated rings. The fourth-order valence-electron chi connectivity index (χ4n) is 0.668. The van der Waals surface area contributed by atoms with Crippen molar-refractivity contribution in [1.82, 2.24) is 0 Å². The molecule has 0 saturated heterocycles. The predicted molar refractivity (Wildman–Crippen MR) is 42.4 cm³/mol. The standard InChI is InChI=1S/C8H12O4/c1-5-8(3,7(10)11-4)12-6(2)9/h5H,1H2,2-4H3. The fourth-order valence-corrected chi connectivity index (χ4v) is 0.668. The molecule has 1 atom stereocenters. The van der Waals surface area contributed by atoms with E-state index in [0.29, 0.717) is 0 Å². The van der Waals surface area contributed by atoms with E-state index in [0.717, 1.165) is 0 Å². The molecule has 0 aliphatic rings. The van der Waals surface area contributed by atoms with E-state index < -0.39 is 17.5 Å². The second-order valence-electron chi connectivity index (χ2n) is 2.40. The Labute approximate surface area is 71.2 Å². The summed E-state index contributed by atoms with van der Waals surface area (Å²) in [4.78, 5) is 21.6. The molecule has 0 aromatic carbocycles. The lowest BCUT2D eigenvalue weighted by Gasteiger charge is -2.21. The lowest BCUT2D eigenvalue weighted by atomic mass is 10.1. The molecular formula is C8H12O4. The molecule has 0 spiro atoms. The van der Waals surface area contributed by atoms with Gasteiger partial charge in [0, 0.05) is 6.92 Å². The van der Waals surface area contributed by atoms with Crippen molar-refractivity contribution >= 4 is 11.9 Å². The van der Waals surface area contributed by atoms with Crippen LogP contribution in [0.2, 0.25) is 0 Å². The number of hydrogen-bond donors (Lipinski definition) is 0. The van der Waals surface area contributed by atoms with Crippen LogP contribution in [0.15, 0.2) is 12.7 Å². The van der Waals surface area contributed by atoms with Crippen molar-refractivity contribution in [2.75, 3.05) is 7.11 Å². The van der Waals surface area contributed by atoms with Gasteiger partial charge >= 0.3 is 11.9 Å². The molecular weight excluding hydrogens is 160 g/mol. The van der Waals surface area contributed by atoms with Crippen LogP contribution in [0.5, 0.6) is 0 Å². The topological polar surface area (TPSA) is 52.6 Å². The van der Waals surface area contributed by atoms with Crippen molar-refractivity contribution < 1.29 is 19.1 Å². The summed E-state index contributed by atoms with van der Waals surface area (Å²) in [5.74, 6) is -1.20. The number of rotatable bonds is 3. The summed E-state index contributed by atoms with van der Waals surface area (Å²) in [5.41, 5.74) is -1.37. The summed E-state index contributed by atoms with van der Waals surface area (Å²) in [6.07, 6.45) is 1.22. The SMILES string of the molecule is C=CC(C)(OC(C)=O)C(=O)OC. The van der Waals surface area contributed by atoms with Gasteiger partial charge in [0.05, 0.1) is 7.11 Å². The average molecular weight is 172 g/mol. The largest absolute Gasteiger partial charge is 0.466 e. The highest BCUT2D eigenvalue weighted by atomic mass is 16.6. The van der Waals surface area contributed by atoms with Gasteiger partial charge in [0.2, 0.25) is 5.60 Å². The normalized spacial score (nSPS) is 14.2. The zero-order valence-corrected chi connectivity index (χ0v) is 7.42. The van der Waals surface area contributed by atoms with Gasteiger partial charge in [-0.25, -0.2) is 4.79 Å². The molecule has 1 unspecified atom stereocenters. The maximum absolute atomic E-state index is 11.0. The van der Waals surface area contributed by atoms with E-state index in [9.17, 15) is 9.59 Å². The van der Waals surface area contributed by atoms with E-state index in [-0.39, 0.29) is 0 Å².